The zero-order valence-corrected chi connectivity index (χ0v) is 17.9. The molecule has 2 aromatic rings. The summed E-state index contributed by atoms with van der Waals surface area (Å²) >= 11 is 0. The number of carbonyl (C=O) groups excluding carboxylic acids is 2. The third-order valence-corrected chi connectivity index (χ3v) is 4.97. The Hall–Kier alpha value is -2.97. The summed E-state index contributed by atoms with van der Waals surface area (Å²) in [5, 5.41) is 14.7. The van der Waals surface area contributed by atoms with Crippen LogP contribution in [0.25, 0.3) is 0 Å². The van der Waals surface area contributed by atoms with E-state index in [0.717, 1.165) is 0 Å². The van der Waals surface area contributed by atoms with E-state index in [9.17, 15) is 19.7 Å². The molecule has 30 heavy (non-hydrogen) atoms. The minimum absolute atomic E-state index is 0. The van der Waals surface area contributed by atoms with Crippen molar-refractivity contribution in [1.29, 1.82) is 0 Å². The summed E-state index contributed by atoms with van der Waals surface area (Å²) in [6, 6.07) is 11.2. The van der Waals surface area contributed by atoms with Crippen LogP contribution in [0.5, 0.6) is 0 Å². The molecule has 0 radical (unpaired) electrons. The molecule has 1 saturated heterocycles. The third kappa shape index (κ3) is 4.77. The molecule has 0 spiro atoms. The van der Waals surface area contributed by atoms with Crippen LogP contribution < -0.4 is 10.2 Å². The molecule has 0 saturated carbocycles. The molecule has 8 nitrogen and oxygen atoms in total. The Kier molecular flexibility index (Phi) is 7.53. The fourth-order valence-corrected chi connectivity index (χ4v) is 3.50. The number of hydrogen-bond donors (Lipinski definition) is 1. The second kappa shape index (κ2) is 9.69. The summed E-state index contributed by atoms with van der Waals surface area (Å²) in [6.07, 6.45) is 0. The van der Waals surface area contributed by atoms with E-state index in [1.165, 1.54) is 6.07 Å². The number of rotatable bonds is 5. The molecular formula is C21H25ClN4O4. The van der Waals surface area contributed by atoms with Gasteiger partial charge >= 0.3 is 0 Å². The molecule has 1 N–H and O–H groups in total. The Bertz CT molecular complexity index is 964. The Balaban J connectivity index is 0.00000320. The molecule has 1 atom stereocenters. The summed E-state index contributed by atoms with van der Waals surface area (Å²) in [5.74, 6) is -0.618. The predicted molar refractivity (Wildman–Crippen MR) is 118 cm³/mol. The van der Waals surface area contributed by atoms with E-state index in [1.807, 2.05) is 6.92 Å². The van der Waals surface area contributed by atoms with E-state index < -0.39 is 10.7 Å². The summed E-state index contributed by atoms with van der Waals surface area (Å²) in [5.41, 5.74) is 0.990. The van der Waals surface area contributed by atoms with Crippen LogP contribution in [-0.4, -0.2) is 61.3 Å². The number of anilines is 1. The highest BCUT2D eigenvalue weighted by molar-refractivity contribution is 6.15. The minimum atomic E-state index is -0.509. The largest absolute Gasteiger partial charge is 0.372 e. The van der Waals surface area contributed by atoms with Gasteiger partial charge in [-0.1, -0.05) is 18.2 Å². The van der Waals surface area contributed by atoms with Crippen LogP contribution >= 0.6 is 12.4 Å². The van der Waals surface area contributed by atoms with E-state index in [1.54, 1.807) is 60.3 Å². The van der Waals surface area contributed by atoms with E-state index in [-0.39, 0.29) is 41.2 Å². The molecule has 1 amide bonds. The van der Waals surface area contributed by atoms with Gasteiger partial charge in [0.15, 0.2) is 5.78 Å². The lowest BCUT2D eigenvalue weighted by Gasteiger charge is -2.32. The van der Waals surface area contributed by atoms with Crippen LogP contribution in [0.4, 0.5) is 11.4 Å². The predicted octanol–water partition coefficient (Wildman–Crippen LogP) is 2.75. The highest BCUT2D eigenvalue weighted by atomic mass is 35.5. The third-order valence-electron chi connectivity index (χ3n) is 4.97. The van der Waals surface area contributed by atoms with E-state index >= 15 is 0 Å². The smallest absolute Gasteiger partial charge is 0.293 e. The van der Waals surface area contributed by atoms with Gasteiger partial charge in [-0.2, -0.15) is 0 Å². The first-order valence-corrected chi connectivity index (χ1v) is 9.41. The fourth-order valence-electron chi connectivity index (χ4n) is 3.50. The summed E-state index contributed by atoms with van der Waals surface area (Å²) in [7, 11) is 3.40. The number of nitrogens with one attached hydrogen (secondary N) is 1. The Labute approximate surface area is 181 Å². The van der Waals surface area contributed by atoms with E-state index in [4.69, 9.17) is 0 Å². The number of halogens is 1. The molecule has 0 bridgehead atoms. The summed E-state index contributed by atoms with van der Waals surface area (Å²) in [4.78, 5) is 40.5. The molecule has 2 aromatic carbocycles. The van der Waals surface area contributed by atoms with Crippen LogP contribution in [0.15, 0.2) is 42.5 Å². The van der Waals surface area contributed by atoms with Gasteiger partial charge in [0.05, 0.1) is 10.5 Å². The number of amides is 1. The fraction of sp³-hybridized carbons (Fsp3) is 0.333. The van der Waals surface area contributed by atoms with Crippen LogP contribution in [0.3, 0.4) is 0 Å². The lowest BCUT2D eigenvalue weighted by molar-refractivity contribution is -0.384. The first-order valence-electron chi connectivity index (χ1n) is 9.41. The second-order valence-corrected chi connectivity index (χ2v) is 7.34. The summed E-state index contributed by atoms with van der Waals surface area (Å²) in [6.45, 7) is 3.82. The van der Waals surface area contributed by atoms with Gasteiger partial charge in [-0.15, -0.1) is 12.4 Å². The Morgan fingerprint density at radius 2 is 1.83 bits per heavy atom. The van der Waals surface area contributed by atoms with Gasteiger partial charge in [0, 0.05) is 57.0 Å². The minimum Gasteiger partial charge on any atom is -0.372 e. The molecule has 0 aliphatic carbocycles. The van der Waals surface area contributed by atoms with Crippen molar-refractivity contribution in [3.63, 3.8) is 0 Å². The molecule has 3 rings (SSSR count). The first-order chi connectivity index (χ1) is 13.8. The molecule has 0 aromatic heterocycles. The van der Waals surface area contributed by atoms with Crippen molar-refractivity contribution >= 4 is 35.5 Å². The van der Waals surface area contributed by atoms with E-state index in [0.29, 0.717) is 30.9 Å². The van der Waals surface area contributed by atoms with Crippen LogP contribution in [0.2, 0.25) is 0 Å². The van der Waals surface area contributed by atoms with Crippen molar-refractivity contribution in [2.75, 3.05) is 38.6 Å². The first kappa shape index (κ1) is 23.3. The normalized spacial score (nSPS) is 15.8. The topological polar surface area (TPSA) is 95.8 Å². The number of carbonyl (C=O) groups is 2. The monoisotopic (exact) mass is 432 g/mol. The van der Waals surface area contributed by atoms with Gasteiger partial charge in [0.25, 0.3) is 11.6 Å². The van der Waals surface area contributed by atoms with Crippen LogP contribution in [-0.2, 0) is 0 Å². The number of piperazine rings is 1. The zero-order valence-electron chi connectivity index (χ0n) is 17.1. The highest BCUT2D eigenvalue weighted by Gasteiger charge is 2.26. The van der Waals surface area contributed by atoms with Crippen molar-refractivity contribution < 1.29 is 14.5 Å². The molecule has 1 fully saturated rings. The molecule has 160 valence electrons. The van der Waals surface area contributed by atoms with Gasteiger partial charge in [-0.25, -0.2) is 0 Å². The van der Waals surface area contributed by atoms with Gasteiger partial charge in [-0.3, -0.25) is 19.7 Å². The van der Waals surface area contributed by atoms with Crippen LogP contribution in [0.1, 0.15) is 33.2 Å². The van der Waals surface area contributed by atoms with Crippen LogP contribution in [0, 0.1) is 10.1 Å². The van der Waals surface area contributed by atoms with Crippen molar-refractivity contribution in [1.82, 2.24) is 10.2 Å². The lowest BCUT2D eigenvalue weighted by atomic mass is 9.96. The maximum Gasteiger partial charge on any atom is 0.293 e. The Morgan fingerprint density at radius 1 is 1.17 bits per heavy atom. The standard InChI is InChI=1S/C21H24N4O4.ClH/c1-14-13-24(11-10-22-14)21(27)17-7-5-4-6-16(17)20(26)15-8-9-18(23(2)3)19(12-15)25(28)29;/h4-9,12,14,22H,10-11,13H2,1-3H3;1H. The SMILES string of the molecule is CC1CN(C(=O)c2ccccc2C(=O)c2ccc(N(C)C)c([N+](=O)[O-])c2)CCN1.Cl. The van der Waals surface area contributed by atoms with Crippen molar-refractivity contribution in [2.24, 2.45) is 0 Å². The average molecular weight is 433 g/mol. The van der Waals surface area contributed by atoms with Crippen molar-refractivity contribution in [2.45, 2.75) is 13.0 Å². The van der Waals surface area contributed by atoms with Gasteiger partial charge in [-0.05, 0) is 25.1 Å². The van der Waals surface area contributed by atoms with Gasteiger partial charge in [0.2, 0.25) is 0 Å². The number of hydrogen-bond acceptors (Lipinski definition) is 6. The molecule has 1 unspecified atom stereocenters. The molecular weight excluding hydrogens is 408 g/mol. The molecule has 1 aliphatic rings. The quantitative estimate of drug-likeness (QED) is 0.443. The maximum atomic E-state index is 13.2. The number of nitro groups is 1. The number of nitrogens with zero attached hydrogens (tertiary/aromatic N) is 3. The van der Waals surface area contributed by atoms with Crippen molar-refractivity contribution in [3.05, 3.63) is 69.3 Å². The van der Waals surface area contributed by atoms with Gasteiger partial charge in [0.1, 0.15) is 5.69 Å². The number of nitro benzene ring substituents is 1. The maximum absolute atomic E-state index is 13.2. The van der Waals surface area contributed by atoms with E-state index in [2.05, 4.69) is 5.32 Å². The van der Waals surface area contributed by atoms with Gasteiger partial charge < -0.3 is 15.1 Å². The number of ketones is 1. The average Bonchev–Trinajstić information content (AvgIpc) is 2.72. The highest BCUT2D eigenvalue weighted by Crippen LogP contribution is 2.29. The van der Waals surface area contributed by atoms with Crippen molar-refractivity contribution in [3.8, 4) is 0 Å². The molecule has 9 heteroatoms. The number of benzene rings is 2. The lowest BCUT2D eigenvalue weighted by Crippen LogP contribution is -2.51. The molecule has 1 aliphatic heterocycles. The zero-order chi connectivity index (χ0) is 21.1. The molecule has 1 heterocycles. The summed E-state index contributed by atoms with van der Waals surface area (Å²) < 4.78 is 0. The second-order valence-electron chi connectivity index (χ2n) is 7.34. The Morgan fingerprint density at radius 3 is 2.43 bits per heavy atom.